The molecule has 2 unspecified atom stereocenters. The number of pyridine rings is 2. The second kappa shape index (κ2) is 7.70. The van der Waals surface area contributed by atoms with E-state index >= 15 is 0 Å². The summed E-state index contributed by atoms with van der Waals surface area (Å²) in [5.41, 5.74) is 0.958. The molecule has 1 aliphatic heterocycles. The second-order valence-corrected chi connectivity index (χ2v) is 6.56. The van der Waals surface area contributed by atoms with Crippen LogP contribution in [0, 0.1) is 0 Å². The van der Waals surface area contributed by atoms with Gasteiger partial charge in [0.2, 0.25) is 0 Å². The van der Waals surface area contributed by atoms with Crippen molar-refractivity contribution in [3.63, 3.8) is 0 Å². The standard InChI is InChI=1S/C19H24N4O3/c1-4-22-12-16(6-8-18(22)24)21-19(25)15-5-7-17(20-9-15)23-10-13(2)26-14(3)11-23/h5-9,12-14H,4,10-11H2,1-3H3,(H,21,25). The Kier molecular flexibility index (Phi) is 5.37. The highest BCUT2D eigenvalue weighted by Crippen LogP contribution is 2.18. The summed E-state index contributed by atoms with van der Waals surface area (Å²) >= 11 is 0. The molecule has 2 aromatic rings. The number of ether oxygens (including phenoxy) is 1. The molecule has 2 aromatic heterocycles. The van der Waals surface area contributed by atoms with E-state index in [4.69, 9.17) is 4.74 Å². The number of aryl methyl sites for hydroxylation is 1. The van der Waals surface area contributed by atoms with E-state index in [1.54, 1.807) is 24.5 Å². The highest BCUT2D eigenvalue weighted by atomic mass is 16.5. The lowest BCUT2D eigenvalue weighted by atomic mass is 10.2. The number of hydrogen-bond donors (Lipinski definition) is 1. The summed E-state index contributed by atoms with van der Waals surface area (Å²) in [4.78, 5) is 30.6. The maximum Gasteiger partial charge on any atom is 0.257 e. The molecule has 1 aliphatic rings. The van der Waals surface area contributed by atoms with Gasteiger partial charge in [0.15, 0.2) is 0 Å². The summed E-state index contributed by atoms with van der Waals surface area (Å²) in [6.07, 6.45) is 3.51. The zero-order valence-electron chi connectivity index (χ0n) is 15.3. The fourth-order valence-corrected chi connectivity index (χ4v) is 3.13. The lowest BCUT2D eigenvalue weighted by molar-refractivity contribution is -0.00546. The van der Waals surface area contributed by atoms with Crippen molar-refractivity contribution in [1.82, 2.24) is 9.55 Å². The second-order valence-electron chi connectivity index (χ2n) is 6.56. The molecule has 1 saturated heterocycles. The molecule has 0 aromatic carbocycles. The van der Waals surface area contributed by atoms with E-state index < -0.39 is 0 Å². The van der Waals surface area contributed by atoms with Crippen molar-refractivity contribution in [3.05, 3.63) is 52.6 Å². The van der Waals surface area contributed by atoms with Gasteiger partial charge in [-0.2, -0.15) is 0 Å². The fraction of sp³-hybridized carbons (Fsp3) is 0.421. The molecule has 138 valence electrons. The van der Waals surface area contributed by atoms with Gasteiger partial charge in [-0.25, -0.2) is 4.98 Å². The Morgan fingerprint density at radius 2 is 1.96 bits per heavy atom. The summed E-state index contributed by atoms with van der Waals surface area (Å²) in [5.74, 6) is 0.581. The van der Waals surface area contributed by atoms with Crippen LogP contribution in [0.2, 0.25) is 0 Å². The van der Waals surface area contributed by atoms with Crippen molar-refractivity contribution in [3.8, 4) is 0 Å². The molecule has 2 atom stereocenters. The number of carbonyl (C=O) groups is 1. The van der Waals surface area contributed by atoms with Gasteiger partial charge < -0.3 is 19.5 Å². The van der Waals surface area contributed by atoms with Crippen molar-refractivity contribution in [1.29, 1.82) is 0 Å². The Hall–Kier alpha value is -2.67. The Balaban J connectivity index is 1.70. The van der Waals surface area contributed by atoms with E-state index in [0.29, 0.717) is 17.8 Å². The monoisotopic (exact) mass is 356 g/mol. The van der Waals surface area contributed by atoms with Crippen molar-refractivity contribution < 1.29 is 9.53 Å². The lowest BCUT2D eigenvalue weighted by Gasteiger charge is -2.36. The maximum absolute atomic E-state index is 12.4. The molecule has 3 rings (SSSR count). The highest BCUT2D eigenvalue weighted by molar-refractivity contribution is 6.04. The van der Waals surface area contributed by atoms with E-state index in [-0.39, 0.29) is 23.7 Å². The highest BCUT2D eigenvalue weighted by Gasteiger charge is 2.23. The molecular formula is C19H24N4O3. The summed E-state index contributed by atoms with van der Waals surface area (Å²) in [6.45, 7) is 8.07. The number of nitrogens with zero attached hydrogens (tertiary/aromatic N) is 3. The molecule has 1 fully saturated rings. The topological polar surface area (TPSA) is 76.5 Å². The molecule has 0 saturated carbocycles. The minimum atomic E-state index is -0.255. The number of nitrogens with one attached hydrogen (secondary N) is 1. The number of hydrogen-bond acceptors (Lipinski definition) is 5. The van der Waals surface area contributed by atoms with Gasteiger partial charge in [-0.1, -0.05) is 0 Å². The third kappa shape index (κ3) is 4.11. The predicted molar refractivity (Wildman–Crippen MR) is 101 cm³/mol. The first-order valence-corrected chi connectivity index (χ1v) is 8.84. The smallest absolute Gasteiger partial charge is 0.257 e. The van der Waals surface area contributed by atoms with Crippen LogP contribution in [0.3, 0.4) is 0 Å². The van der Waals surface area contributed by atoms with Crippen molar-refractivity contribution in [2.24, 2.45) is 0 Å². The molecule has 0 aliphatic carbocycles. The third-order valence-corrected chi connectivity index (χ3v) is 4.34. The molecular weight excluding hydrogens is 332 g/mol. The number of aromatic nitrogens is 2. The normalized spacial score (nSPS) is 20.0. The van der Waals surface area contributed by atoms with Gasteiger partial charge in [-0.15, -0.1) is 0 Å². The third-order valence-electron chi connectivity index (χ3n) is 4.34. The van der Waals surface area contributed by atoms with Crippen LogP contribution in [0.1, 0.15) is 31.1 Å². The van der Waals surface area contributed by atoms with Crippen LogP contribution in [0.4, 0.5) is 11.5 Å². The van der Waals surface area contributed by atoms with E-state index in [9.17, 15) is 9.59 Å². The van der Waals surface area contributed by atoms with E-state index in [1.807, 2.05) is 26.8 Å². The van der Waals surface area contributed by atoms with Gasteiger partial charge in [-0.05, 0) is 39.0 Å². The molecule has 26 heavy (non-hydrogen) atoms. The molecule has 1 N–H and O–H groups in total. The molecule has 7 heteroatoms. The minimum absolute atomic E-state index is 0.0921. The number of morpholine rings is 1. The average Bonchev–Trinajstić information content (AvgIpc) is 2.62. The van der Waals surface area contributed by atoms with Crippen LogP contribution in [0.5, 0.6) is 0 Å². The SMILES string of the molecule is CCn1cc(NC(=O)c2ccc(N3CC(C)OC(C)C3)nc2)ccc1=O. The first kappa shape index (κ1) is 18.1. The largest absolute Gasteiger partial charge is 0.372 e. The number of carbonyl (C=O) groups excluding carboxylic acids is 1. The first-order chi connectivity index (χ1) is 12.5. The Morgan fingerprint density at radius 1 is 1.23 bits per heavy atom. The van der Waals surface area contributed by atoms with Crippen molar-refractivity contribution >= 4 is 17.4 Å². The first-order valence-electron chi connectivity index (χ1n) is 8.84. The van der Waals surface area contributed by atoms with Crippen LogP contribution in [0.15, 0.2) is 41.5 Å². The van der Waals surface area contributed by atoms with Crippen LogP contribution in [-0.4, -0.2) is 40.8 Å². The summed E-state index contributed by atoms with van der Waals surface area (Å²) < 4.78 is 7.28. The predicted octanol–water partition coefficient (Wildman–Crippen LogP) is 2.13. The van der Waals surface area contributed by atoms with Crippen LogP contribution < -0.4 is 15.8 Å². The van der Waals surface area contributed by atoms with Gasteiger partial charge >= 0.3 is 0 Å². The van der Waals surface area contributed by atoms with E-state index in [1.165, 1.54) is 10.6 Å². The van der Waals surface area contributed by atoms with Gasteiger partial charge in [0.25, 0.3) is 11.5 Å². The number of amides is 1. The Morgan fingerprint density at radius 3 is 2.58 bits per heavy atom. The maximum atomic E-state index is 12.4. The molecule has 7 nitrogen and oxygen atoms in total. The fourth-order valence-electron chi connectivity index (χ4n) is 3.13. The number of rotatable bonds is 4. The number of anilines is 2. The lowest BCUT2D eigenvalue weighted by Crippen LogP contribution is -2.45. The van der Waals surface area contributed by atoms with Crippen LogP contribution in [0.25, 0.3) is 0 Å². The average molecular weight is 356 g/mol. The van der Waals surface area contributed by atoms with Crippen LogP contribution >= 0.6 is 0 Å². The molecule has 0 spiro atoms. The quantitative estimate of drug-likeness (QED) is 0.908. The molecule has 1 amide bonds. The van der Waals surface area contributed by atoms with Gasteiger partial charge in [-0.3, -0.25) is 9.59 Å². The van der Waals surface area contributed by atoms with E-state index in [2.05, 4.69) is 15.2 Å². The summed E-state index contributed by atoms with van der Waals surface area (Å²) in [7, 11) is 0. The van der Waals surface area contributed by atoms with Gasteiger partial charge in [0.05, 0.1) is 23.5 Å². The van der Waals surface area contributed by atoms with Gasteiger partial charge in [0, 0.05) is 38.1 Å². The van der Waals surface area contributed by atoms with Crippen molar-refractivity contribution in [2.45, 2.75) is 39.5 Å². The molecule has 3 heterocycles. The van der Waals surface area contributed by atoms with Crippen LogP contribution in [-0.2, 0) is 11.3 Å². The Labute approximate surface area is 152 Å². The summed E-state index contributed by atoms with van der Waals surface area (Å²) in [6, 6.07) is 6.66. The minimum Gasteiger partial charge on any atom is -0.372 e. The Bertz CT molecular complexity index is 821. The molecule has 0 bridgehead atoms. The molecule has 0 radical (unpaired) electrons. The zero-order valence-corrected chi connectivity index (χ0v) is 15.3. The summed E-state index contributed by atoms with van der Waals surface area (Å²) in [5, 5.41) is 2.80. The zero-order chi connectivity index (χ0) is 18.7. The van der Waals surface area contributed by atoms with Crippen molar-refractivity contribution in [2.75, 3.05) is 23.3 Å². The van der Waals surface area contributed by atoms with E-state index in [0.717, 1.165) is 18.9 Å². The van der Waals surface area contributed by atoms with Gasteiger partial charge in [0.1, 0.15) is 5.82 Å².